The van der Waals surface area contributed by atoms with Gasteiger partial charge in [0.1, 0.15) is 0 Å². The fourth-order valence-electron chi connectivity index (χ4n) is 3.07. The molecule has 0 saturated carbocycles. The maximum absolute atomic E-state index is 10.8. The predicted octanol–water partition coefficient (Wildman–Crippen LogP) is 2.04. The van der Waals surface area contributed by atoms with E-state index in [1.165, 1.54) is 5.69 Å². The molecule has 24 heavy (non-hydrogen) atoms. The van der Waals surface area contributed by atoms with E-state index in [1.54, 1.807) is 11.3 Å². The fourth-order valence-corrected chi connectivity index (χ4v) is 3.93. The molecule has 1 saturated heterocycles. The molecule has 0 aliphatic carbocycles. The standard InChI is InChI=1S/C17H19N5OS/c23-12-19-15-4-2-1-3-14(15)16-10-22-13(11-24-17(22)20-16)9-21-7-5-18-6-8-21/h1-4,10-12,18H,5-9H2,(H,19,23). The Balaban J connectivity index is 1.65. The van der Waals surface area contributed by atoms with Gasteiger partial charge in [-0.2, -0.15) is 0 Å². The van der Waals surface area contributed by atoms with Crippen LogP contribution in [0.15, 0.2) is 35.8 Å². The topological polar surface area (TPSA) is 61.7 Å². The van der Waals surface area contributed by atoms with Crippen molar-refractivity contribution in [2.75, 3.05) is 31.5 Å². The Bertz CT molecular complexity index is 850. The van der Waals surface area contributed by atoms with Gasteiger partial charge in [-0.15, -0.1) is 11.3 Å². The highest BCUT2D eigenvalue weighted by molar-refractivity contribution is 7.15. The van der Waals surface area contributed by atoms with E-state index in [4.69, 9.17) is 4.98 Å². The number of fused-ring (bicyclic) bond motifs is 1. The number of nitrogens with one attached hydrogen (secondary N) is 2. The third-order valence-corrected chi connectivity index (χ3v) is 5.18. The number of carbonyl (C=O) groups excluding carboxylic acids is 1. The SMILES string of the molecule is O=CNc1ccccc1-c1cn2c(CN3CCNCC3)csc2n1. The maximum atomic E-state index is 10.8. The van der Waals surface area contributed by atoms with E-state index in [9.17, 15) is 4.79 Å². The van der Waals surface area contributed by atoms with Crippen LogP contribution in [0.25, 0.3) is 16.2 Å². The highest BCUT2D eigenvalue weighted by Crippen LogP contribution is 2.29. The molecule has 2 N–H and O–H groups in total. The van der Waals surface area contributed by atoms with Crippen LogP contribution in [0, 0.1) is 0 Å². The fraction of sp³-hybridized carbons (Fsp3) is 0.294. The molecular weight excluding hydrogens is 322 g/mol. The van der Waals surface area contributed by atoms with Gasteiger partial charge in [-0.1, -0.05) is 18.2 Å². The molecule has 2 aromatic heterocycles. The largest absolute Gasteiger partial charge is 0.328 e. The third kappa shape index (κ3) is 2.93. The Labute approximate surface area is 144 Å². The summed E-state index contributed by atoms with van der Waals surface area (Å²) < 4.78 is 2.17. The summed E-state index contributed by atoms with van der Waals surface area (Å²) in [6.45, 7) is 5.18. The van der Waals surface area contributed by atoms with Crippen molar-refractivity contribution in [2.24, 2.45) is 0 Å². The summed E-state index contributed by atoms with van der Waals surface area (Å²) in [5.41, 5.74) is 3.86. The summed E-state index contributed by atoms with van der Waals surface area (Å²) in [5, 5.41) is 8.32. The van der Waals surface area contributed by atoms with Gasteiger partial charge in [-0.25, -0.2) is 4.98 Å². The zero-order chi connectivity index (χ0) is 16.4. The monoisotopic (exact) mass is 341 g/mol. The molecule has 1 aliphatic heterocycles. The van der Waals surface area contributed by atoms with Crippen LogP contribution >= 0.6 is 11.3 Å². The average molecular weight is 341 g/mol. The summed E-state index contributed by atoms with van der Waals surface area (Å²) in [6, 6.07) is 7.73. The van der Waals surface area contributed by atoms with Crippen molar-refractivity contribution in [3.05, 3.63) is 41.5 Å². The van der Waals surface area contributed by atoms with Crippen LogP contribution in [0.5, 0.6) is 0 Å². The molecule has 7 heteroatoms. The van der Waals surface area contributed by atoms with Gasteiger partial charge in [-0.05, 0) is 6.07 Å². The summed E-state index contributed by atoms with van der Waals surface area (Å²) in [6.07, 6.45) is 2.77. The van der Waals surface area contributed by atoms with E-state index in [1.807, 2.05) is 24.3 Å². The second-order valence-electron chi connectivity index (χ2n) is 5.84. The minimum Gasteiger partial charge on any atom is -0.328 e. The molecule has 1 fully saturated rings. The van der Waals surface area contributed by atoms with Crippen LogP contribution in [0.2, 0.25) is 0 Å². The van der Waals surface area contributed by atoms with Gasteiger partial charge in [0.15, 0.2) is 4.96 Å². The van der Waals surface area contributed by atoms with E-state index in [2.05, 4.69) is 31.5 Å². The number of hydrogen-bond donors (Lipinski definition) is 2. The lowest BCUT2D eigenvalue weighted by Crippen LogP contribution is -2.43. The molecular formula is C17H19N5OS. The molecule has 6 nitrogen and oxygen atoms in total. The lowest BCUT2D eigenvalue weighted by molar-refractivity contribution is -0.105. The second-order valence-corrected chi connectivity index (χ2v) is 6.68. The third-order valence-electron chi connectivity index (χ3n) is 4.30. The molecule has 1 amide bonds. The van der Waals surface area contributed by atoms with Crippen LogP contribution < -0.4 is 10.6 Å². The molecule has 3 heterocycles. The van der Waals surface area contributed by atoms with Crippen molar-refractivity contribution in [1.29, 1.82) is 0 Å². The van der Waals surface area contributed by atoms with Crippen LogP contribution in [-0.4, -0.2) is 46.9 Å². The summed E-state index contributed by atoms with van der Waals surface area (Å²) >= 11 is 1.66. The summed E-state index contributed by atoms with van der Waals surface area (Å²) in [7, 11) is 0. The minimum atomic E-state index is 0.701. The van der Waals surface area contributed by atoms with Gasteiger partial charge in [0.25, 0.3) is 0 Å². The molecule has 4 rings (SSSR count). The first-order valence-electron chi connectivity index (χ1n) is 8.03. The first-order chi connectivity index (χ1) is 11.8. The number of thiazole rings is 1. The number of benzene rings is 1. The van der Waals surface area contributed by atoms with Crippen LogP contribution in [0.4, 0.5) is 5.69 Å². The van der Waals surface area contributed by atoms with Gasteiger partial charge in [0.2, 0.25) is 6.41 Å². The summed E-state index contributed by atoms with van der Waals surface area (Å²) in [5.74, 6) is 0. The first-order valence-corrected chi connectivity index (χ1v) is 8.91. The molecule has 0 atom stereocenters. The van der Waals surface area contributed by atoms with Crippen molar-refractivity contribution in [3.63, 3.8) is 0 Å². The molecule has 3 aromatic rings. The van der Waals surface area contributed by atoms with Crippen molar-refractivity contribution in [2.45, 2.75) is 6.54 Å². The van der Waals surface area contributed by atoms with E-state index >= 15 is 0 Å². The smallest absolute Gasteiger partial charge is 0.211 e. The minimum absolute atomic E-state index is 0.701. The van der Waals surface area contributed by atoms with Crippen LogP contribution in [-0.2, 0) is 11.3 Å². The van der Waals surface area contributed by atoms with E-state index in [-0.39, 0.29) is 0 Å². The van der Waals surface area contributed by atoms with Crippen molar-refractivity contribution in [3.8, 4) is 11.3 Å². The Morgan fingerprint density at radius 3 is 2.96 bits per heavy atom. The number of anilines is 1. The molecule has 0 unspecified atom stereocenters. The van der Waals surface area contributed by atoms with Gasteiger partial charge in [0, 0.05) is 61.2 Å². The number of amides is 1. The highest BCUT2D eigenvalue weighted by atomic mass is 32.1. The molecule has 0 radical (unpaired) electrons. The summed E-state index contributed by atoms with van der Waals surface area (Å²) in [4.78, 5) is 19.0. The Kier molecular flexibility index (Phi) is 4.29. The van der Waals surface area contributed by atoms with E-state index in [0.29, 0.717) is 6.41 Å². The normalized spacial score (nSPS) is 15.7. The van der Waals surface area contributed by atoms with Gasteiger partial charge in [-0.3, -0.25) is 14.1 Å². The van der Waals surface area contributed by atoms with Gasteiger partial charge in [0.05, 0.1) is 5.69 Å². The Morgan fingerprint density at radius 2 is 2.12 bits per heavy atom. The Hall–Kier alpha value is -2.22. The zero-order valence-electron chi connectivity index (χ0n) is 13.2. The number of hydrogen-bond acceptors (Lipinski definition) is 5. The number of imidazole rings is 1. The maximum Gasteiger partial charge on any atom is 0.211 e. The lowest BCUT2D eigenvalue weighted by Gasteiger charge is -2.26. The quantitative estimate of drug-likeness (QED) is 0.697. The highest BCUT2D eigenvalue weighted by Gasteiger charge is 2.15. The first kappa shape index (κ1) is 15.3. The van der Waals surface area contributed by atoms with Crippen molar-refractivity contribution < 1.29 is 4.79 Å². The van der Waals surface area contributed by atoms with Crippen LogP contribution in [0.3, 0.4) is 0 Å². The number of aromatic nitrogens is 2. The van der Waals surface area contributed by atoms with Crippen LogP contribution in [0.1, 0.15) is 5.69 Å². The zero-order valence-corrected chi connectivity index (χ0v) is 14.1. The van der Waals surface area contributed by atoms with E-state index < -0.39 is 0 Å². The number of piperazine rings is 1. The number of rotatable bonds is 5. The van der Waals surface area contributed by atoms with Crippen molar-refractivity contribution in [1.82, 2.24) is 19.6 Å². The van der Waals surface area contributed by atoms with Crippen molar-refractivity contribution >= 4 is 28.4 Å². The van der Waals surface area contributed by atoms with Gasteiger partial charge >= 0.3 is 0 Å². The number of carbonyl (C=O) groups is 1. The number of para-hydroxylation sites is 1. The molecule has 0 spiro atoms. The lowest BCUT2D eigenvalue weighted by atomic mass is 10.1. The van der Waals surface area contributed by atoms with E-state index in [0.717, 1.165) is 54.6 Å². The molecule has 0 bridgehead atoms. The van der Waals surface area contributed by atoms with Gasteiger partial charge < -0.3 is 10.6 Å². The number of nitrogens with zero attached hydrogens (tertiary/aromatic N) is 3. The average Bonchev–Trinajstić information content (AvgIpc) is 3.19. The predicted molar refractivity (Wildman–Crippen MR) is 96.3 cm³/mol. The Morgan fingerprint density at radius 1 is 1.29 bits per heavy atom. The molecule has 1 aliphatic rings. The molecule has 124 valence electrons. The molecule has 1 aromatic carbocycles. The second kappa shape index (κ2) is 6.72.